The second-order valence-corrected chi connectivity index (χ2v) is 5.26. The predicted molar refractivity (Wildman–Crippen MR) is 79.2 cm³/mol. The average molecular weight is 293 g/mol. The molecule has 1 N–H and O–H groups in total. The standard InChI is InChI=1S/C14H17ClN4O/c15-12-4-2-1-3-11(12)13(20)19-10-7-17-14(19)18-8-5-16-6-9-18/h1-4,16H,5-10H2. The van der Waals surface area contributed by atoms with E-state index in [1.54, 1.807) is 17.0 Å². The van der Waals surface area contributed by atoms with Gasteiger partial charge in [0, 0.05) is 32.7 Å². The van der Waals surface area contributed by atoms with Crippen LogP contribution >= 0.6 is 11.6 Å². The Balaban J connectivity index is 1.81. The lowest BCUT2D eigenvalue weighted by Gasteiger charge is -2.33. The Morgan fingerprint density at radius 3 is 2.70 bits per heavy atom. The van der Waals surface area contributed by atoms with E-state index in [1.807, 2.05) is 12.1 Å². The molecular formula is C14H17ClN4O. The highest BCUT2D eigenvalue weighted by molar-refractivity contribution is 6.34. The molecule has 3 rings (SSSR count). The minimum absolute atomic E-state index is 0.0645. The summed E-state index contributed by atoms with van der Waals surface area (Å²) in [6.07, 6.45) is 0. The van der Waals surface area contributed by atoms with Crippen LogP contribution in [0.5, 0.6) is 0 Å². The van der Waals surface area contributed by atoms with Crippen LogP contribution in [0.3, 0.4) is 0 Å². The molecule has 0 unspecified atom stereocenters. The quantitative estimate of drug-likeness (QED) is 0.842. The molecule has 0 bridgehead atoms. The minimum atomic E-state index is -0.0645. The van der Waals surface area contributed by atoms with Crippen LogP contribution in [0, 0.1) is 0 Å². The van der Waals surface area contributed by atoms with E-state index >= 15 is 0 Å². The Morgan fingerprint density at radius 1 is 1.20 bits per heavy atom. The van der Waals surface area contributed by atoms with Crippen LogP contribution in [0.25, 0.3) is 0 Å². The van der Waals surface area contributed by atoms with Gasteiger partial charge in [-0.2, -0.15) is 0 Å². The van der Waals surface area contributed by atoms with Gasteiger partial charge in [-0.3, -0.25) is 14.7 Å². The highest BCUT2D eigenvalue weighted by Gasteiger charge is 2.30. The smallest absolute Gasteiger partial charge is 0.262 e. The van der Waals surface area contributed by atoms with E-state index in [0.29, 0.717) is 23.7 Å². The van der Waals surface area contributed by atoms with Crippen LogP contribution in [0.2, 0.25) is 5.02 Å². The van der Waals surface area contributed by atoms with Crippen molar-refractivity contribution in [2.45, 2.75) is 0 Å². The lowest BCUT2D eigenvalue weighted by atomic mass is 10.2. The summed E-state index contributed by atoms with van der Waals surface area (Å²) in [6, 6.07) is 7.16. The molecule has 0 saturated carbocycles. The van der Waals surface area contributed by atoms with E-state index in [1.165, 1.54) is 0 Å². The van der Waals surface area contributed by atoms with E-state index in [0.717, 1.165) is 32.1 Å². The molecule has 106 valence electrons. The van der Waals surface area contributed by atoms with Crippen LogP contribution in [-0.2, 0) is 0 Å². The fourth-order valence-corrected chi connectivity index (χ4v) is 2.76. The molecule has 5 nitrogen and oxygen atoms in total. The summed E-state index contributed by atoms with van der Waals surface area (Å²) in [7, 11) is 0. The minimum Gasteiger partial charge on any atom is -0.340 e. The van der Waals surface area contributed by atoms with Crippen molar-refractivity contribution in [1.82, 2.24) is 15.1 Å². The number of benzene rings is 1. The Morgan fingerprint density at radius 2 is 1.95 bits per heavy atom. The molecule has 2 aliphatic rings. The molecule has 2 aliphatic heterocycles. The lowest BCUT2D eigenvalue weighted by molar-refractivity contribution is 0.0842. The van der Waals surface area contributed by atoms with Crippen molar-refractivity contribution in [2.75, 3.05) is 39.3 Å². The third-order valence-electron chi connectivity index (χ3n) is 3.57. The fraction of sp³-hybridized carbons (Fsp3) is 0.429. The van der Waals surface area contributed by atoms with Gasteiger partial charge in [0.25, 0.3) is 5.91 Å². The topological polar surface area (TPSA) is 47.9 Å². The lowest BCUT2D eigenvalue weighted by Crippen LogP contribution is -2.52. The number of nitrogens with zero attached hydrogens (tertiary/aromatic N) is 3. The zero-order valence-electron chi connectivity index (χ0n) is 11.2. The van der Waals surface area contributed by atoms with Crippen molar-refractivity contribution >= 4 is 23.5 Å². The zero-order valence-corrected chi connectivity index (χ0v) is 11.9. The summed E-state index contributed by atoms with van der Waals surface area (Å²) in [5, 5.41) is 3.79. The molecule has 0 aliphatic carbocycles. The van der Waals surface area contributed by atoms with Gasteiger partial charge < -0.3 is 10.2 Å². The summed E-state index contributed by atoms with van der Waals surface area (Å²) in [6.45, 7) is 4.90. The van der Waals surface area contributed by atoms with Gasteiger partial charge in [-0.15, -0.1) is 0 Å². The first-order valence-electron chi connectivity index (χ1n) is 6.84. The molecule has 0 atom stereocenters. The van der Waals surface area contributed by atoms with Gasteiger partial charge in [-0.05, 0) is 12.1 Å². The molecule has 20 heavy (non-hydrogen) atoms. The number of nitrogens with one attached hydrogen (secondary N) is 1. The number of hydrogen-bond donors (Lipinski definition) is 1. The van der Waals surface area contributed by atoms with E-state index in [2.05, 4.69) is 15.2 Å². The maximum atomic E-state index is 12.6. The van der Waals surface area contributed by atoms with E-state index in [9.17, 15) is 4.79 Å². The van der Waals surface area contributed by atoms with Crippen LogP contribution in [0.4, 0.5) is 0 Å². The summed E-state index contributed by atoms with van der Waals surface area (Å²) in [4.78, 5) is 21.0. The largest absolute Gasteiger partial charge is 0.340 e. The summed E-state index contributed by atoms with van der Waals surface area (Å²) < 4.78 is 0. The van der Waals surface area contributed by atoms with Crippen LogP contribution in [0.15, 0.2) is 29.3 Å². The van der Waals surface area contributed by atoms with Crippen molar-refractivity contribution in [3.05, 3.63) is 34.9 Å². The second kappa shape index (κ2) is 5.81. The number of halogens is 1. The molecular weight excluding hydrogens is 276 g/mol. The molecule has 0 aromatic heterocycles. The number of guanidine groups is 1. The SMILES string of the molecule is O=C(c1ccccc1Cl)N1CCN=C1N1CCNCC1. The molecule has 6 heteroatoms. The van der Waals surface area contributed by atoms with Gasteiger partial charge in [0.2, 0.25) is 5.96 Å². The van der Waals surface area contributed by atoms with Crippen molar-refractivity contribution in [3.63, 3.8) is 0 Å². The number of aliphatic imine (C=N–C) groups is 1. The number of rotatable bonds is 1. The molecule has 1 fully saturated rings. The average Bonchev–Trinajstić information content (AvgIpc) is 2.97. The van der Waals surface area contributed by atoms with Crippen molar-refractivity contribution in [1.29, 1.82) is 0 Å². The van der Waals surface area contributed by atoms with Gasteiger partial charge >= 0.3 is 0 Å². The molecule has 1 aromatic rings. The number of amides is 1. The molecule has 0 radical (unpaired) electrons. The maximum Gasteiger partial charge on any atom is 0.262 e. The summed E-state index contributed by atoms with van der Waals surface area (Å²) in [5.41, 5.74) is 0.541. The van der Waals surface area contributed by atoms with Crippen LogP contribution in [0.1, 0.15) is 10.4 Å². The Bertz CT molecular complexity index is 540. The Labute approximate surface area is 123 Å². The zero-order chi connectivity index (χ0) is 13.9. The number of piperazine rings is 1. The second-order valence-electron chi connectivity index (χ2n) is 4.86. The Hall–Kier alpha value is -1.59. The van der Waals surface area contributed by atoms with E-state index in [-0.39, 0.29) is 5.91 Å². The van der Waals surface area contributed by atoms with Crippen molar-refractivity contribution < 1.29 is 4.79 Å². The fourth-order valence-electron chi connectivity index (χ4n) is 2.54. The highest BCUT2D eigenvalue weighted by Crippen LogP contribution is 2.19. The third kappa shape index (κ3) is 2.51. The maximum absolute atomic E-state index is 12.6. The van der Waals surface area contributed by atoms with Crippen LogP contribution < -0.4 is 5.32 Å². The Kier molecular flexibility index (Phi) is 3.89. The first kappa shape index (κ1) is 13.4. The van der Waals surface area contributed by atoms with Gasteiger partial charge in [0.05, 0.1) is 17.1 Å². The number of hydrogen-bond acceptors (Lipinski definition) is 4. The normalized spacial score (nSPS) is 19.1. The van der Waals surface area contributed by atoms with Gasteiger partial charge in [-0.1, -0.05) is 23.7 Å². The molecule has 1 saturated heterocycles. The molecule has 1 amide bonds. The predicted octanol–water partition coefficient (Wildman–Crippen LogP) is 1.06. The van der Waals surface area contributed by atoms with Gasteiger partial charge in [0.1, 0.15) is 0 Å². The van der Waals surface area contributed by atoms with E-state index < -0.39 is 0 Å². The molecule has 0 spiro atoms. The van der Waals surface area contributed by atoms with Gasteiger partial charge in [0.15, 0.2) is 0 Å². The first-order chi connectivity index (χ1) is 9.77. The van der Waals surface area contributed by atoms with Crippen molar-refractivity contribution in [2.24, 2.45) is 4.99 Å². The summed E-state index contributed by atoms with van der Waals surface area (Å²) in [5.74, 6) is 0.724. The van der Waals surface area contributed by atoms with Crippen molar-refractivity contribution in [3.8, 4) is 0 Å². The highest BCUT2D eigenvalue weighted by atomic mass is 35.5. The number of carbonyl (C=O) groups is 1. The third-order valence-corrected chi connectivity index (χ3v) is 3.90. The van der Waals surface area contributed by atoms with E-state index in [4.69, 9.17) is 11.6 Å². The molecule has 2 heterocycles. The number of carbonyl (C=O) groups excluding carboxylic acids is 1. The van der Waals surface area contributed by atoms with Gasteiger partial charge in [-0.25, -0.2) is 0 Å². The molecule has 1 aromatic carbocycles. The monoisotopic (exact) mass is 292 g/mol. The van der Waals surface area contributed by atoms with Crippen LogP contribution in [-0.4, -0.2) is 60.9 Å². The first-order valence-corrected chi connectivity index (χ1v) is 7.21. The summed E-state index contributed by atoms with van der Waals surface area (Å²) >= 11 is 6.12.